The van der Waals surface area contributed by atoms with Crippen molar-refractivity contribution in [3.63, 3.8) is 0 Å². The molecule has 3 rings (SSSR count). The van der Waals surface area contributed by atoms with Crippen molar-refractivity contribution in [3.8, 4) is 0 Å². The SMILES string of the molecule is CC1CCN(C(=O)c2ccc(CSc3nccn3C)o2)C(CN)C1. The number of aryl methyl sites for hydroxylation is 1. The van der Waals surface area contributed by atoms with Crippen LogP contribution in [0.2, 0.25) is 0 Å². The lowest BCUT2D eigenvalue weighted by atomic mass is 9.92. The van der Waals surface area contributed by atoms with Crippen LogP contribution in [-0.2, 0) is 12.8 Å². The fraction of sp³-hybridized carbons (Fsp3) is 0.529. The third kappa shape index (κ3) is 3.67. The molecule has 2 unspecified atom stereocenters. The van der Waals surface area contributed by atoms with Gasteiger partial charge in [0.05, 0.1) is 5.75 Å². The fourth-order valence-electron chi connectivity index (χ4n) is 3.08. The van der Waals surface area contributed by atoms with Crippen molar-refractivity contribution in [2.75, 3.05) is 13.1 Å². The number of nitrogens with two attached hydrogens (primary N) is 1. The van der Waals surface area contributed by atoms with Crippen molar-refractivity contribution >= 4 is 17.7 Å². The Bertz CT molecular complexity index is 696. The highest BCUT2D eigenvalue weighted by atomic mass is 32.2. The number of piperidine rings is 1. The molecule has 2 aromatic rings. The molecule has 3 heterocycles. The van der Waals surface area contributed by atoms with Crippen molar-refractivity contribution in [1.82, 2.24) is 14.5 Å². The van der Waals surface area contributed by atoms with Crippen molar-refractivity contribution in [3.05, 3.63) is 36.0 Å². The van der Waals surface area contributed by atoms with Crippen LogP contribution >= 0.6 is 11.8 Å². The van der Waals surface area contributed by atoms with E-state index >= 15 is 0 Å². The van der Waals surface area contributed by atoms with Gasteiger partial charge in [0.25, 0.3) is 5.91 Å². The minimum Gasteiger partial charge on any atom is -0.455 e. The minimum absolute atomic E-state index is 0.0504. The number of hydrogen-bond acceptors (Lipinski definition) is 5. The van der Waals surface area contributed by atoms with E-state index in [1.54, 1.807) is 24.0 Å². The molecule has 0 aromatic carbocycles. The summed E-state index contributed by atoms with van der Waals surface area (Å²) in [4.78, 5) is 18.9. The number of nitrogens with zero attached hydrogens (tertiary/aromatic N) is 3. The minimum atomic E-state index is -0.0504. The average Bonchev–Trinajstić information content (AvgIpc) is 3.21. The highest BCUT2D eigenvalue weighted by Gasteiger charge is 2.30. The van der Waals surface area contributed by atoms with Gasteiger partial charge in [0.1, 0.15) is 5.76 Å². The fourth-order valence-corrected chi connectivity index (χ4v) is 3.91. The van der Waals surface area contributed by atoms with Crippen LogP contribution in [-0.4, -0.2) is 39.5 Å². The summed E-state index contributed by atoms with van der Waals surface area (Å²) in [6, 6.07) is 3.74. The Morgan fingerprint density at radius 2 is 2.33 bits per heavy atom. The Balaban J connectivity index is 1.64. The van der Waals surface area contributed by atoms with E-state index in [-0.39, 0.29) is 11.9 Å². The standard InChI is InChI=1S/C17H24N4O2S/c1-12-5-7-21(13(9-12)10-18)16(22)15-4-3-14(23-15)11-24-17-19-6-8-20(17)2/h3-4,6,8,12-13H,5,7,9-11,18H2,1-2H3. The lowest BCUT2D eigenvalue weighted by Gasteiger charge is -2.37. The molecular formula is C17H24N4O2S. The third-order valence-corrected chi connectivity index (χ3v) is 5.58. The molecule has 1 saturated heterocycles. The number of amides is 1. The van der Waals surface area contributed by atoms with E-state index in [1.807, 2.05) is 28.8 Å². The molecule has 2 aromatic heterocycles. The van der Waals surface area contributed by atoms with Crippen LogP contribution in [0.25, 0.3) is 0 Å². The summed E-state index contributed by atoms with van der Waals surface area (Å²) in [5.41, 5.74) is 5.86. The van der Waals surface area contributed by atoms with E-state index in [0.29, 0.717) is 24.0 Å². The number of thioether (sulfide) groups is 1. The molecular weight excluding hydrogens is 324 g/mol. The molecule has 0 spiro atoms. The number of furan rings is 1. The van der Waals surface area contributed by atoms with E-state index in [1.165, 1.54) is 0 Å². The summed E-state index contributed by atoms with van der Waals surface area (Å²) < 4.78 is 7.73. The van der Waals surface area contributed by atoms with Gasteiger partial charge >= 0.3 is 0 Å². The van der Waals surface area contributed by atoms with Gasteiger partial charge in [-0.05, 0) is 30.9 Å². The first-order valence-corrected chi connectivity index (χ1v) is 9.27. The first-order valence-electron chi connectivity index (χ1n) is 8.28. The summed E-state index contributed by atoms with van der Waals surface area (Å²) in [7, 11) is 1.96. The number of aromatic nitrogens is 2. The number of carbonyl (C=O) groups is 1. The third-order valence-electron chi connectivity index (χ3n) is 4.50. The van der Waals surface area contributed by atoms with Gasteiger partial charge in [0, 0.05) is 38.6 Å². The smallest absolute Gasteiger partial charge is 0.289 e. The molecule has 2 N–H and O–H groups in total. The highest BCUT2D eigenvalue weighted by molar-refractivity contribution is 7.98. The summed E-state index contributed by atoms with van der Waals surface area (Å²) in [5, 5.41) is 0.924. The Morgan fingerprint density at radius 3 is 3.04 bits per heavy atom. The van der Waals surface area contributed by atoms with Crippen molar-refractivity contribution < 1.29 is 9.21 Å². The maximum atomic E-state index is 12.7. The van der Waals surface area contributed by atoms with Gasteiger partial charge < -0.3 is 19.6 Å². The van der Waals surface area contributed by atoms with E-state index in [0.717, 1.165) is 30.3 Å². The quantitative estimate of drug-likeness (QED) is 0.840. The normalized spacial score (nSPS) is 21.2. The topological polar surface area (TPSA) is 77.3 Å². The zero-order valence-corrected chi connectivity index (χ0v) is 15.0. The zero-order valence-electron chi connectivity index (χ0n) is 14.1. The molecule has 1 amide bonds. The molecule has 0 bridgehead atoms. The maximum Gasteiger partial charge on any atom is 0.289 e. The monoisotopic (exact) mass is 348 g/mol. The van der Waals surface area contributed by atoms with Crippen molar-refractivity contribution in [2.24, 2.45) is 18.7 Å². The maximum absolute atomic E-state index is 12.7. The van der Waals surface area contributed by atoms with Crippen molar-refractivity contribution in [2.45, 2.75) is 36.7 Å². The second-order valence-corrected chi connectivity index (χ2v) is 7.34. The summed E-state index contributed by atoms with van der Waals surface area (Å²) in [6.45, 7) is 3.46. The number of imidazole rings is 1. The first kappa shape index (κ1) is 17.1. The Labute approximate surface area is 146 Å². The van der Waals surface area contributed by atoms with Crippen LogP contribution in [0, 0.1) is 5.92 Å². The number of hydrogen-bond donors (Lipinski definition) is 1. The van der Waals surface area contributed by atoms with Crippen molar-refractivity contribution in [1.29, 1.82) is 0 Å². The van der Waals surface area contributed by atoms with Gasteiger partial charge in [-0.2, -0.15) is 0 Å². The second-order valence-electron chi connectivity index (χ2n) is 6.39. The first-order chi connectivity index (χ1) is 11.6. The van der Waals surface area contributed by atoms with E-state index in [2.05, 4.69) is 11.9 Å². The molecule has 1 aliphatic heterocycles. The van der Waals surface area contributed by atoms with Crippen LogP contribution in [0.15, 0.2) is 34.1 Å². The molecule has 1 fully saturated rings. The Hall–Kier alpha value is -1.73. The average molecular weight is 348 g/mol. The van der Waals surface area contributed by atoms with Crippen LogP contribution in [0.3, 0.4) is 0 Å². The Morgan fingerprint density at radius 1 is 1.50 bits per heavy atom. The molecule has 0 aliphatic carbocycles. The molecule has 0 radical (unpaired) electrons. The number of likely N-dealkylation sites (tertiary alicyclic amines) is 1. The molecule has 6 nitrogen and oxygen atoms in total. The van der Waals surface area contributed by atoms with Crippen LogP contribution in [0.1, 0.15) is 36.1 Å². The molecule has 2 atom stereocenters. The largest absolute Gasteiger partial charge is 0.455 e. The summed E-state index contributed by atoms with van der Waals surface area (Å²) in [6.07, 6.45) is 5.66. The van der Waals surface area contributed by atoms with Crippen LogP contribution < -0.4 is 5.73 Å². The number of rotatable bonds is 5. The summed E-state index contributed by atoms with van der Waals surface area (Å²) in [5.74, 6) is 2.39. The highest BCUT2D eigenvalue weighted by Crippen LogP contribution is 2.26. The summed E-state index contributed by atoms with van der Waals surface area (Å²) >= 11 is 1.59. The number of carbonyl (C=O) groups excluding carboxylic acids is 1. The van der Waals surface area contributed by atoms with Gasteiger partial charge in [-0.25, -0.2) is 4.98 Å². The molecule has 0 saturated carbocycles. The van der Waals surface area contributed by atoms with Gasteiger partial charge in [0.15, 0.2) is 10.9 Å². The zero-order chi connectivity index (χ0) is 17.1. The lowest BCUT2D eigenvalue weighted by Crippen LogP contribution is -2.49. The van der Waals surface area contributed by atoms with Gasteiger partial charge in [0.2, 0.25) is 0 Å². The predicted octanol–water partition coefficient (Wildman–Crippen LogP) is 2.50. The van der Waals surface area contributed by atoms with E-state index in [4.69, 9.17) is 10.2 Å². The predicted molar refractivity (Wildman–Crippen MR) is 93.8 cm³/mol. The van der Waals surface area contributed by atoms with E-state index < -0.39 is 0 Å². The van der Waals surface area contributed by atoms with Gasteiger partial charge in [-0.15, -0.1) is 0 Å². The van der Waals surface area contributed by atoms with E-state index in [9.17, 15) is 4.79 Å². The molecule has 1 aliphatic rings. The van der Waals surface area contributed by atoms with Crippen LogP contribution in [0.5, 0.6) is 0 Å². The molecule has 130 valence electrons. The lowest BCUT2D eigenvalue weighted by molar-refractivity contribution is 0.0540. The second kappa shape index (κ2) is 7.44. The van der Waals surface area contributed by atoms with Crippen LogP contribution in [0.4, 0.5) is 0 Å². The Kier molecular flexibility index (Phi) is 5.30. The molecule has 7 heteroatoms. The van der Waals surface area contributed by atoms with Gasteiger partial charge in [-0.1, -0.05) is 18.7 Å². The van der Waals surface area contributed by atoms with Gasteiger partial charge in [-0.3, -0.25) is 4.79 Å². The molecule has 24 heavy (non-hydrogen) atoms.